The fourth-order valence-electron chi connectivity index (χ4n) is 2.54. The average Bonchev–Trinajstić information content (AvgIpc) is 2.81. The molecule has 3 rings (SSSR count). The Morgan fingerprint density at radius 1 is 1.12 bits per heavy atom. The Morgan fingerprint density at radius 3 is 2.48 bits per heavy atom. The van der Waals surface area contributed by atoms with Gasteiger partial charge in [-0.15, -0.1) is 0 Å². The number of ether oxygens (including phenoxy) is 1. The van der Waals surface area contributed by atoms with Crippen molar-refractivity contribution >= 4 is 12.6 Å². The van der Waals surface area contributed by atoms with Gasteiger partial charge in [0.05, 0.1) is 22.8 Å². The van der Waals surface area contributed by atoms with E-state index < -0.39 is 18.3 Å². The topological polar surface area (TPSA) is 64.4 Å². The molecule has 0 atom stereocenters. The smallest absolute Gasteiger partial charge is 0.473 e. The lowest BCUT2D eigenvalue weighted by Gasteiger charge is -2.32. The molecule has 1 fully saturated rings. The Kier molecular flexibility index (Phi) is 4.55. The van der Waals surface area contributed by atoms with E-state index in [1.165, 1.54) is 0 Å². The van der Waals surface area contributed by atoms with Crippen molar-refractivity contribution in [1.82, 2.24) is 4.98 Å². The highest BCUT2D eigenvalue weighted by atomic mass is 16.7. The lowest BCUT2D eigenvalue weighted by atomic mass is 9.80. The van der Waals surface area contributed by atoms with Crippen LogP contribution in [0.3, 0.4) is 0 Å². The molecule has 0 saturated carbocycles. The van der Waals surface area contributed by atoms with Crippen LogP contribution in [0.25, 0.3) is 0 Å². The molecule has 1 aromatic heterocycles. The highest BCUT2D eigenvalue weighted by molar-refractivity contribution is 6.62. The van der Waals surface area contributed by atoms with E-state index in [0.717, 1.165) is 11.0 Å². The summed E-state index contributed by atoms with van der Waals surface area (Å²) in [6.07, 6.45) is 1.67. The van der Waals surface area contributed by atoms with Crippen LogP contribution in [0.15, 0.2) is 42.6 Å². The van der Waals surface area contributed by atoms with Gasteiger partial charge in [-0.2, -0.15) is 5.26 Å². The van der Waals surface area contributed by atoms with E-state index >= 15 is 0 Å². The maximum absolute atomic E-state index is 9.15. The molecule has 2 heterocycles. The van der Waals surface area contributed by atoms with Gasteiger partial charge >= 0.3 is 7.12 Å². The van der Waals surface area contributed by atoms with Gasteiger partial charge in [0.25, 0.3) is 0 Å². The molecule has 25 heavy (non-hydrogen) atoms. The molecule has 128 valence electrons. The third-order valence-corrected chi connectivity index (χ3v) is 4.80. The normalized spacial score (nSPS) is 18.0. The summed E-state index contributed by atoms with van der Waals surface area (Å²) in [6.45, 7) is 8.35. The van der Waals surface area contributed by atoms with Crippen LogP contribution in [0.5, 0.6) is 5.88 Å². The Balaban J connectivity index is 1.74. The fourth-order valence-corrected chi connectivity index (χ4v) is 2.54. The lowest BCUT2D eigenvalue weighted by Crippen LogP contribution is -2.41. The predicted molar refractivity (Wildman–Crippen MR) is 95.4 cm³/mol. The SMILES string of the molecule is CC1(C)OB(c2ccnc(OCc3ccccc3C#N)c2)OC1(C)C. The number of hydrogen-bond acceptors (Lipinski definition) is 5. The zero-order chi connectivity index (χ0) is 18.1. The van der Waals surface area contributed by atoms with Crippen LogP contribution >= 0.6 is 0 Å². The minimum Gasteiger partial charge on any atom is -0.473 e. The van der Waals surface area contributed by atoms with E-state index in [1.54, 1.807) is 12.3 Å². The van der Waals surface area contributed by atoms with Gasteiger partial charge in [0.15, 0.2) is 0 Å². The molecule has 1 aliphatic heterocycles. The Bertz CT molecular complexity index is 798. The Labute approximate surface area is 148 Å². The molecule has 6 heteroatoms. The van der Waals surface area contributed by atoms with Crippen molar-refractivity contribution in [3.8, 4) is 11.9 Å². The van der Waals surface area contributed by atoms with Crippen molar-refractivity contribution in [2.45, 2.75) is 45.5 Å². The van der Waals surface area contributed by atoms with Crippen LogP contribution in [0.2, 0.25) is 0 Å². The number of nitrogens with zero attached hydrogens (tertiary/aromatic N) is 2. The molecule has 0 spiro atoms. The Hall–Kier alpha value is -2.36. The molecular formula is C19H21BN2O3. The maximum atomic E-state index is 9.15. The third-order valence-electron chi connectivity index (χ3n) is 4.80. The second-order valence-corrected chi connectivity index (χ2v) is 7.07. The molecule has 0 bridgehead atoms. The molecular weight excluding hydrogens is 315 g/mol. The van der Waals surface area contributed by atoms with Crippen LogP contribution in [-0.2, 0) is 15.9 Å². The molecule has 2 aromatic rings. The van der Waals surface area contributed by atoms with Crippen molar-refractivity contribution in [2.75, 3.05) is 0 Å². The van der Waals surface area contributed by atoms with Crippen molar-refractivity contribution in [3.63, 3.8) is 0 Å². The third kappa shape index (κ3) is 3.53. The first-order chi connectivity index (χ1) is 11.8. The molecule has 1 aromatic carbocycles. The van der Waals surface area contributed by atoms with E-state index in [1.807, 2.05) is 58.0 Å². The van der Waals surface area contributed by atoms with E-state index in [9.17, 15) is 0 Å². The van der Waals surface area contributed by atoms with Crippen LogP contribution in [0, 0.1) is 11.3 Å². The first kappa shape index (κ1) is 17.5. The van der Waals surface area contributed by atoms with E-state index in [4.69, 9.17) is 19.3 Å². The Morgan fingerprint density at radius 2 is 1.80 bits per heavy atom. The van der Waals surface area contributed by atoms with Crippen molar-refractivity contribution in [2.24, 2.45) is 0 Å². The van der Waals surface area contributed by atoms with E-state index in [-0.39, 0.29) is 6.61 Å². The van der Waals surface area contributed by atoms with Crippen LogP contribution in [0.4, 0.5) is 0 Å². The van der Waals surface area contributed by atoms with Gasteiger partial charge in [-0.25, -0.2) is 4.98 Å². The van der Waals surface area contributed by atoms with Gasteiger partial charge in [0, 0.05) is 17.8 Å². The molecule has 0 amide bonds. The summed E-state index contributed by atoms with van der Waals surface area (Å²) in [4.78, 5) is 4.24. The summed E-state index contributed by atoms with van der Waals surface area (Å²) in [5.41, 5.74) is 1.50. The molecule has 0 unspecified atom stereocenters. The minimum absolute atomic E-state index is 0.281. The minimum atomic E-state index is -0.457. The first-order valence-electron chi connectivity index (χ1n) is 8.25. The molecule has 1 aliphatic rings. The number of rotatable bonds is 4. The maximum Gasteiger partial charge on any atom is 0.495 e. The standard InChI is InChI=1S/C19H21BN2O3/c1-18(2)19(3,4)25-20(24-18)16-9-10-22-17(11-16)23-13-15-8-6-5-7-14(15)12-21/h5-11H,13H2,1-4H3. The summed E-state index contributed by atoms with van der Waals surface area (Å²) >= 11 is 0. The van der Waals surface area contributed by atoms with Gasteiger partial charge < -0.3 is 14.0 Å². The summed E-state index contributed by atoms with van der Waals surface area (Å²) in [5, 5.41) is 9.15. The first-order valence-corrected chi connectivity index (χ1v) is 8.25. The molecule has 1 saturated heterocycles. The largest absolute Gasteiger partial charge is 0.495 e. The molecule has 0 N–H and O–H groups in total. The van der Waals surface area contributed by atoms with Gasteiger partial charge in [-0.05, 0) is 45.3 Å². The average molecular weight is 336 g/mol. The summed E-state index contributed by atoms with van der Waals surface area (Å²) in [6, 6.07) is 13.2. The van der Waals surface area contributed by atoms with Crippen molar-refractivity contribution in [1.29, 1.82) is 5.26 Å². The molecule has 0 aliphatic carbocycles. The van der Waals surface area contributed by atoms with Gasteiger partial charge in [-0.1, -0.05) is 18.2 Å². The second kappa shape index (κ2) is 6.51. The summed E-state index contributed by atoms with van der Waals surface area (Å²) in [7, 11) is -0.457. The van der Waals surface area contributed by atoms with Crippen molar-refractivity contribution < 1.29 is 14.0 Å². The lowest BCUT2D eigenvalue weighted by molar-refractivity contribution is 0.00578. The molecule has 5 nitrogen and oxygen atoms in total. The quantitative estimate of drug-likeness (QED) is 0.804. The van der Waals surface area contributed by atoms with E-state index in [0.29, 0.717) is 11.4 Å². The summed E-state index contributed by atoms with van der Waals surface area (Å²) in [5.74, 6) is 0.472. The fraction of sp³-hybridized carbons (Fsp3) is 0.368. The number of benzene rings is 1. The number of pyridine rings is 1. The van der Waals surface area contributed by atoms with Crippen molar-refractivity contribution in [3.05, 3.63) is 53.7 Å². The predicted octanol–water partition coefficient (Wildman–Crippen LogP) is 2.83. The number of aromatic nitrogens is 1. The van der Waals surface area contributed by atoms with Crippen LogP contribution < -0.4 is 10.2 Å². The van der Waals surface area contributed by atoms with Gasteiger partial charge in [0.2, 0.25) is 5.88 Å². The number of nitriles is 1. The molecule has 0 radical (unpaired) electrons. The number of hydrogen-bond donors (Lipinski definition) is 0. The zero-order valence-corrected chi connectivity index (χ0v) is 14.9. The highest BCUT2D eigenvalue weighted by Crippen LogP contribution is 2.36. The van der Waals surface area contributed by atoms with Crippen LogP contribution in [0.1, 0.15) is 38.8 Å². The monoisotopic (exact) mass is 336 g/mol. The van der Waals surface area contributed by atoms with Gasteiger partial charge in [0.1, 0.15) is 6.61 Å². The second-order valence-electron chi connectivity index (χ2n) is 7.07. The zero-order valence-electron chi connectivity index (χ0n) is 14.9. The van der Waals surface area contributed by atoms with Gasteiger partial charge in [-0.3, -0.25) is 0 Å². The highest BCUT2D eigenvalue weighted by Gasteiger charge is 2.51. The van der Waals surface area contributed by atoms with Crippen LogP contribution in [-0.4, -0.2) is 23.3 Å². The summed E-state index contributed by atoms with van der Waals surface area (Å²) < 4.78 is 17.9. The van der Waals surface area contributed by atoms with E-state index in [2.05, 4.69) is 11.1 Å².